The highest BCUT2D eigenvalue weighted by atomic mass is 35.5. The SMILES string of the molecule is Cl.O=C(N1CCc2ccccc2C1)C1(n2cccn2)CCNCC1. The quantitative estimate of drug-likeness (QED) is 0.904. The Morgan fingerprint density at radius 2 is 1.88 bits per heavy atom. The molecule has 0 radical (unpaired) electrons. The van der Waals surface area contributed by atoms with Crippen LogP contribution in [0.25, 0.3) is 0 Å². The van der Waals surface area contributed by atoms with Crippen LogP contribution in [-0.2, 0) is 23.3 Å². The largest absolute Gasteiger partial charge is 0.336 e. The van der Waals surface area contributed by atoms with Crippen molar-refractivity contribution in [2.45, 2.75) is 31.3 Å². The zero-order valence-corrected chi connectivity index (χ0v) is 14.5. The van der Waals surface area contributed by atoms with Crippen molar-refractivity contribution >= 4 is 18.3 Å². The Hall–Kier alpha value is -1.85. The number of benzene rings is 1. The second kappa shape index (κ2) is 6.95. The van der Waals surface area contributed by atoms with Crippen molar-refractivity contribution in [1.29, 1.82) is 0 Å². The van der Waals surface area contributed by atoms with E-state index in [-0.39, 0.29) is 18.3 Å². The summed E-state index contributed by atoms with van der Waals surface area (Å²) in [6, 6.07) is 10.3. The van der Waals surface area contributed by atoms with Crippen LogP contribution in [0, 0.1) is 0 Å². The molecule has 3 heterocycles. The molecular weight excluding hydrogens is 324 g/mol. The molecule has 6 heteroatoms. The third kappa shape index (κ3) is 2.82. The minimum Gasteiger partial charge on any atom is -0.336 e. The maximum absolute atomic E-state index is 13.4. The van der Waals surface area contributed by atoms with Gasteiger partial charge in [-0.15, -0.1) is 12.4 Å². The van der Waals surface area contributed by atoms with Crippen LogP contribution in [0.5, 0.6) is 0 Å². The monoisotopic (exact) mass is 346 g/mol. The second-order valence-corrected chi connectivity index (χ2v) is 6.48. The molecule has 2 aliphatic rings. The average molecular weight is 347 g/mol. The number of hydrogen-bond donors (Lipinski definition) is 1. The first kappa shape index (κ1) is 17.0. The lowest BCUT2D eigenvalue weighted by molar-refractivity contribution is -0.144. The number of hydrogen-bond acceptors (Lipinski definition) is 3. The van der Waals surface area contributed by atoms with Crippen LogP contribution in [0.2, 0.25) is 0 Å². The molecule has 0 spiro atoms. The van der Waals surface area contributed by atoms with E-state index in [1.54, 1.807) is 6.20 Å². The molecule has 5 nitrogen and oxygen atoms in total. The van der Waals surface area contributed by atoms with Crippen molar-refractivity contribution in [2.24, 2.45) is 0 Å². The van der Waals surface area contributed by atoms with Crippen LogP contribution in [0.1, 0.15) is 24.0 Å². The standard InChI is InChI=1S/C18H22N4O.ClH/c23-17(21-13-6-15-4-1-2-5-16(15)14-21)18(7-10-19-11-8-18)22-12-3-9-20-22;/h1-5,9,12,19H,6-8,10-11,13-14H2;1H. The molecule has 1 fully saturated rings. The summed E-state index contributed by atoms with van der Waals surface area (Å²) in [6.45, 7) is 3.23. The Morgan fingerprint density at radius 3 is 2.58 bits per heavy atom. The molecule has 1 aromatic carbocycles. The zero-order valence-electron chi connectivity index (χ0n) is 13.6. The molecule has 1 N–H and O–H groups in total. The van der Waals surface area contributed by atoms with E-state index in [9.17, 15) is 4.79 Å². The fourth-order valence-electron chi connectivity index (χ4n) is 3.87. The van der Waals surface area contributed by atoms with E-state index >= 15 is 0 Å². The van der Waals surface area contributed by atoms with Crippen LogP contribution in [0.3, 0.4) is 0 Å². The van der Waals surface area contributed by atoms with Crippen LogP contribution in [0.4, 0.5) is 0 Å². The summed E-state index contributed by atoms with van der Waals surface area (Å²) >= 11 is 0. The Balaban J connectivity index is 0.00000169. The number of aromatic nitrogens is 2. The van der Waals surface area contributed by atoms with Crippen molar-refractivity contribution in [3.05, 3.63) is 53.9 Å². The zero-order chi connectivity index (χ0) is 15.7. The third-order valence-corrected chi connectivity index (χ3v) is 5.19. The number of carbonyl (C=O) groups is 1. The lowest BCUT2D eigenvalue weighted by atomic mass is 9.86. The van der Waals surface area contributed by atoms with Crippen LogP contribution < -0.4 is 5.32 Å². The van der Waals surface area contributed by atoms with Crippen molar-refractivity contribution in [3.63, 3.8) is 0 Å². The number of nitrogens with one attached hydrogen (secondary N) is 1. The smallest absolute Gasteiger partial charge is 0.250 e. The lowest BCUT2D eigenvalue weighted by Gasteiger charge is -2.41. The molecule has 0 unspecified atom stereocenters. The van der Waals surface area contributed by atoms with Crippen molar-refractivity contribution in [3.8, 4) is 0 Å². The molecule has 2 aromatic rings. The van der Waals surface area contributed by atoms with Gasteiger partial charge in [0, 0.05) is 25.5 Å². The van der Waals surface area contributed by atoms with E-state index in [1.165, 1.54) is 11.1 Å². The summed E-state index contributed by atoms with van der Waals surface area (Å²) in [4.78, 5) is 15.4. The molecule has 24 heavy (non-hydrogen) atoms. The molecule has 1 aromatic heterocycles. The molecule has 1 amide bonds. The number of amides is 1. The predicted octanol–water partition coefficient (Wildman–Crippen LogP) is 1.97. The van der Waals surface area contributed by atoms with Crippen LogP contribution in [-0.4, -0.2) is 40.2 Å². The van der Waals surface area contributed by atoms with Gasteiger partial charge in [-0.3, -0.25) is 9.48 Å². The van der Waals surface area contributed by atoms with E-state index in [4.69, 9.17) is 0 Å². The van der Waals surface area contributed by atoms with Gasteiger partial charge in [-0.2, -0.15) is 5.10 Å². The molecule has 0 bridgehead atoms. The average Bonchev–Trinajstić information content (AvgIpc) is 3.16. The van der Waals surface area contributed by atoms with Gasteiger partial charge in [0.1, 0.15) is 5.54 Å². The van der Waals surface area contributed by atoms with Gasteiger partial charge < -0.3 is 10.2 Å². The molecule has 1 saturated heterocycles. The Morgan fingerprint density at radius 1 is 1.12 bits per heavy atom. The summed E-state index contributed by atoms with van der Waals surface area (Å²) in [7, 11) is 0. The van der Waals surface area contributed by atoms with Crippen molar-refractivity contribution in [2.75, 3.05) is 19.6 Å². The summed E-state index contributed by atoms with van der Waals surface area (Å²) in [5.74, 6) is 0.220. The molecule has 0 saturated carbocycles. The van der Waals surface area contributed by atoms with Crippen molar-refractivity contribution < 1.29 is 4.79 Å². The minimum absolute atomic E-state index is 0. The first-order valence-electron chi connectivity index (χ1n) is 8.37. The lowest BCUT2D eigenvalue weighted by Crippen LogP contribution is -2.56. The third-order valence-electron chi connectivity index (χ3n) is 5.19. The Labute approximate surface area is 148 Å². The van der Waals surface area contributed by atoms with Gasteiger partial charge in [-0.05, 0) is 49.5 Å². The van der Waals surface area contributed by atoms with Gasteiger partial charge in [0.15, 0.2) is 0 Å². The number of nitrogens with zero attached hydrogens (tertiary/aromatic N) is 3. The number of rotatable bonds is 2. The van der Waals surface area contributed by atoms with Crippen LogP contribution in [0.15, 0.2) is 42.7 Å². The summed E-state index contributed by atoms with van der Waals surface area (Å²) in [5.41, 5.74) is 2.12. The van der Waals surface area contributed by atoms with E-state index in [1.807, 2.05) is 21.8 Å². The van der Waals surface area contributed by atoms with Gasteiger partial charge >= 0.3 is 0 Å². The molecule has 0 aliphatic carbocycles. The Bertz CT molecular complexity index is 695. The summed E-state index contributed by atoms with van der Waals surface area (Å²) in [6.07, 6.45) is 6.23. The van der Waals surface area contributed by atoms with Gasteiger partial charge in [-0.25, -0.2) is 0 Å². The molecule has 0 atom stereocenters. The number of piperidine rings is 1. The molecular formula is C18H23ClN4O. The number of halogens is 1. The first-order valence-corrected chi connectivity index (χ1v) is 8.37. The number of carbonyl (C=O) groups excluding carboxylic acids is 1. The Kier molecular flexibility index (Phi) is 4.92. The van der Waals surface area contributed by atoms with E-state index in [0.717, 1.165) is 38.9 Å². The number of fused-ring (bicyclic) bond motifs is 1. The fourth-order valence-corrected chi connectivity index (χ4v) is 3.87. The molecule has 2 aliphatic heterocycles. The van der Waals surface area contributed by atoms with Gasteiger partial charge in [0.25, 0.3) is 5.91 Å². The molecule has 128 valence electrons. The van der Waals surface area contributed by atoms with Crippen LogP contribution >= 0.6 is 12.4 Å². The second-order valence-electron chi connectivity index (χ2n) is 6.48. The first-order chi connectivity index (χ1) is 11.3. The minimum atomic E-state index is -0.527. The van der Waals surface area contributed by atoms with E-state index < -0.39 is 5.54 Å². The predicted molar refractivity (Wildman–Crippen MR) is 95.1 cm³/mol. The van der Waals surface area contributed by atoms with Gasteiger partial charge in [0.05, 0.1) is 0 Å². The highest BCUT2D eigenvalue weighted by molar-refractivity contribution is 5.85. The summed E-state index contributed by atoms with van der Waals surface area (Å²) < 4.78 is 1.89. The van der Waals surface area contributed by atoms with Gasteiger partial charge in [-0.1, -0.05) is 24.3 Å². The van der Waals surface area contributed by atoms with E-state index in [2.05, 4.69) is 34.7 Å². The fraction of sp³-hybridized carbons (Fsp3) is 0.444. The van der Waals surface area contributed by atoms with E-state index in [0.29, 0.717) is 6.54 Å². The highest BCUT2D eigenvalue weighted by Gasteiger charge is 2.44. The maximum Gasteiger partial charge on any atom is 0.250 e. The topological polar surface area (TPSA) is 50.2 Å². The highest BCUT2D eigenvalue weighted by Crippen LogP contribution is 2.31. The van der Waals surface area contributed by atoms with Gasteiger partial charge in [0.2, 0.25) is 0 Å². The molecule has 4 rings (SSSR count). The van der Waals surface area contributed by atoms with Crippen molar-refractivity contribution in [1.82, 2.24) is 20.0 Å². The normalized spacial score (nSPS) is 19.2. The summed E-state index contributed by atoms with van der Waals surface area (Å²) in [5, 5.41) is 7.78. The maximum atomic E-state index is 13.4.